The topological polar surface area (TPSA) is 41.3 Å². The second-order valence-electron chi connectivity index (χ2n) is 5.29. The van der Waals surface area contributed by atoms with Crippen molar-refractivity contribution in [3.05, 3.63) is 22.7 Å². The molecule has 1 aromatic carbocycles. The highest BCUT2D eigenvalue weighted by Crippen LogP contribution is 2.26. The van der Waals surface area contributed by atoms with E-state index >= 15 is 0 Å². The molecule has 0 spiro atoms. The van der Waals surface area contributed by atoms with Crippen molar-refractivity contribution in [2.45, 2.75) is 25.8 Å². The Hall–Kier alpha value is -0.740. The van der Waals surface area contributed by atoms with Crippen LogP contribution in [0.25, 0.3) is 0 Å². The lowest BCUT2D eigenvalue weighted by Gasteiger charge is -2.29. The number of hydrogen-bond donors (Lipinski definition) is 2. The van der Waals surface area contributed by atoms with Crippen LogP contribution in [0.5, 0.6) is 0 Å². The van der Waals surface area contributed by atoms with Crippen molar-refractivity contribution in [1.82, 2.24) is 4.90 Å². The van der Waals surface area contributed by atoms with Crippen molar-refractivity contribution < 1.29 is 0 Å². The fraction of sp³-hybridized carbons (Fsp3) is 0.538. The molecule has 96 valence electrons. The molecule has 1 aromatic rings. The molecule has 3 nitrogen and oxygen atoms in total. The highest BCUT2D eigenvalue weighted by Gasteiger charge is 2.18. The van der Waals surface area contributed by atoms with Gasteiger partial charge in [0, 0.05) is 10.0 Å². The smallest absolute Gasteiger partial charge is 0.0578 e. The highest BCUT2D eigenvalue weighted by molar-refractivity contribution is 9.10. The van der Waals surface area contributed by atoms with Crippen LogP contribution in [0.15, 0.2) is 22.7 Å². The van der Waals surface area contributed by atoms with Gasteiger partial charge < -0.3 is 16.0 Å². The number of hydrogen-bond acceptors (Lipinski definition) is 3. The number of anilines is 2. The number of nitrogens with zero attached hydrogens (tertiary/aromatic N) is 1. The molecule has 0 atom stereocenters. The zero-order valence-corrected chi connectivity index (χ0v) is 12.6. The molecular formula is C13H22BrN3. The predicted molar refractivity (Wildman–Crippen MR) is 79.4 cm³/mol. The lowest BCUT2D eigenvalue weighted by atomic mass is 9.99. The summed E-state index contributed by atoms with van der Waals surface area (Å²) in [6.07, 6.45) is 1.06. The Kier molecular flexibility index (Phi) is 4.83. The number of rotatable bonds is 5. The molecule has 0 aliphatic heterocycles. The summed E-state index contributed by atoms with van der Waals surface area (Å²) in [5.74, 6) is 0. The minimum Gasteiger partial charge on any atom is -0.397 e. The largest absolute Gasteiger partial charge is 0.397 e. The van der Waals surface area contributed by atoms with Crippen molar-refractivity contribution >= 4 is 27.3 Å². The summed E-state index contributed by atoms with van der Waals surface area (Å²) in [6.45, 7) is 5.44. The maximum absolute atomic E-state index is 5.98. The van der Waals surface area contributed by atoms with E-state index < -0.39 is 0 Å². The Balaban J connectivity index is 2.68. The Bertz CT molecular complexity index is 375. The van der Waals surface area contributed by atoms with Gasteiger partial charge in [-0.25, -0.2) is 0 Å². The number of benzene rings is 1. The summed E-state index contributed by atoms with van der Waals surface area (Å²) in [5, 5.41) is 3.50. The zero-order valence-electron chi connectivity index (χ0n) is 11.0. The van der Waals surface area contributed by atoms with Crippen molar-refractivity contribution in [3.63, 3.8) is 0 Å². The van der Waals surface area contributed by atoms with Crippen molar-refractivity contribution in [2.75, 3.05) is 31.7 Å². The van der Waals surface area contributed by atoms with Gasteiger partial charge in [0.15, 0.2) is 0 Å². The van der Waals surface area contributed by atoms with E-state index in [2.05, 4.69) is 54.1 Å². The molecule has 0 aliphatic rings. The number of nitrogen functional groups attached to an aromatic ring is 1. The first-order valence-corrected chi connectivity index (χ1v) is 6.57. The van der Waals surface area contributed by atoms with Gasteiger partial charge in [-0.3, -0.25) is 0 Å². The molecule has 0 aliphatic carbocycles. The van der Waals surface area contributed by atoms with Crippen LogP contribution in [0.3, 0.4) is 0 Å². The second-order valence-corrected chi connectivity index (χ2v) is 6.21. The molecule has 0 unspecified atom stereocenters. The maximum atomic E-state index is 5.98. The summed E-state index contributed by atoms with van der Waals surface area (Å²) in [4.78, 5) is 2.19. The van der Waals surface area contributed by atoms with E-state index in [0.29, 0.717) is 0 Å². The van der Waals surface area contributed by atoms with E-state index in [4.69, 9.17) is 5.73 Å². The van der Waals surface area contributed by atoms with Crippen LogP contribution in [0, 0.1) is 0 Å². The van der Waals surface area contributed by atoms with Gasteiger partial charge in [0.25, 0.3) is 0 Å². The Morgan fingerprint density at radius 3 is 2.53 bits per heavy atom. The summed E-state index contributed by atoms with van der Waals surface area (Å²) in [5.41, 5.74) is 7.79. The summed E-state index contributed by atoms with van der Waals surface area (Å²) < 4.78 is 1.01. The van der Waals surface area contributed by atoms with Crippen molar-refractivity contribution in [3.8, 4) is 0 Å². The first kappa shape index (κ1) is 14.3. The van der Waals surface area contributed by atoms with Crippen LogP contribution in [0.4, 0.5) is 11.4 Å². The average molecular weight is 300 g/mol. The van der Waals surface area contributed by atoms with E-state index in [0.717, 1.165) is 28.8 Å². The minimum atomic E-state index is 0.0339. The SMILES string of the molecule is CN(C)CCC(C)(C)Nc1ccc(Br)cc1N. The number of nitrogens with two attached hydrogens (primary N) is 1. The van der Waals surface area contributed by atoms with E-state index in [1.807, 2.05) is 18.2 Å². The quantitative estimate of drug-likeness (QED) is 0.821. The van der Waals surface area contributed by atoms with Gasteiger partial charge in [0.2, 0.25) is 0 Å². The van der Waals surface area contributed by atoms with Crippen molar-refractivity contribution in [2.24, 2.45) is 0 Å². The van der Waals surface area contributed by atoms with E-state index in [1.54, 1.807) is 0 Å². The average Bonchev–Trinajstić information content (AvgIpc) is 2.20. The molecule has 0 heterocycles. The summed E-state index contributed by atoms with van der Waals surface area (Å²) >= 11 is 3.41. The van der Waals surface area contributed by atoms with Crippen LogP contribution < -0.4 is 11.1 Å². The fourth-order valence-corrected chi connectivity index (χ4v) is 1.96. The molecule has 0 amide bonds. The monoisotopic (exact) mass is 299 g/mol. The van der Waals surface area contributed by atoms with Gasteiger partial charge in [0.1, 0.15) is 0 Å². The number of halogens is 1. The predicted octanol–water partition coefficient (Wildman–Crippen LogP) is 3.17. The number of nitrogens with one attached hydrogen (secondary N) is 1. The second kappa shape index (κ2) is 5.74. The molecule has 1 rings (SSSR count). The third-order valence-corrected chi connectivity index (χ3v) is 3.16. The van der Waals surface area contributed by atoms with E-state index in [-0.39, 0.29) is 5.54 Å². The van der Waals surface area contributed by atoms with E-state index in [9.17, 15) is 0 Å². The van der Waals surface area contributed by atoms with Gasteiger partial charge in [-0.2, -0.15) is 0 Å². The molecular weight excluding hydrogens is 278 g/mol. The Labute approximate surface area is 113 Å². The third-order valence-electron chi connectivity index (χ3n) is 2.67. The Morgan fingerprint density at radius 1 is 1.35 bits per heavy atom. The zero-order chi connectivity index (χ0) is 13.1. The molecule has 0 bridgehead atoms. The fourth-order valence-electron chi connectivity index (χ4n) is 1.58. The van der Waals surface area contributed by atoms with Crippen LogP contribution in [0.1, 0.15) is 20.3 Å². The van der Waals surface area contributed by atoms with Crippen LogP contribution in [0.2, 0.25) is 0 Å². The van der Waals surface area contributed by atoms with Gasteiger partial charge in [-0.15, -0.1) is 0 Å². The van der Waals surface area contributed by atoms with Gasteiger partial charge in [-0.05, 0) is 59.1 Å². The maximum Gasteiger partial charge on any atom is 0.0578 e. The van der Waals surface area contributed by atoms with Gasteiger partial charge >= 0.3 is 0 Å². The van der Waals surface area contributed by atoms with E-state index in [1.165, 1.54) is 0 Å². The standard InChI is InChI=1S/C13H22BrN3/c1-13(2,7-8-17(3)4)16-12-6-5-10(14)9-11(12)15/h5-6,9,16H,7-8,15H2,1-4H3. The molecule has 0 saturated carbocycles. The molecule has 4 heteroatoms. The first-order chi connectivity index (χ1) is 7.80. The molecule has 17 heavy (non-hydrogen) atoms. The normalized spacial score (nSPS) is 11.9. The molecule has 0 aromatic heterocycles. The summed E-state index contributed by atoms with van der Waals surface area (Å²) in [6, 6.07) is 5.93. The van der Waals surface area contributed by atoms with Gasteiger partial charge in [-0.1, -0.05) is 15.9 Å². The lowest BCUT2D eigenvalue weighted by molar-refractivity contribution is 0.356. The van der Waals surface area contributed by atoms with Crippen LogP contribution in [-0.4, -0.2) is 31.1 Å². The first-order valence-electron chi connectivity index (χ1n) is 5.78. The molecule has 0 radical (unpaired) electrons. The molecule has 0 fully saturated rings. The highest BCUT2D eigenvalue weighted by atomic mass is 79.9. The molecule has 3 N–H and O–H groups in total. The minimum absolute atomic E-state index is 0.0339. The lowest BCUT2D eigenvalue weighted by Crippen LogP contribution is -2.34. The summed E-state index contributed by atoms with van der Waals surface area (Å²) in [7, 11) is 4.17. The van der Waals surface area contributed by atoms with Gasteiger partial charge in [0.05, 0.1) is 11.4 Å². The van der Waals surface area contributed by atoms with Crippen molar-refractivity contribution in [1.29, 1.82) is 0 Å². The third kappa shape index (κ3) is 4.96. The Morgan fingerprint density at radius 2 is 2.00 bits per heavy atom. The molecule has 0 saturated heterocycles. The van der Waals surface area contributed by atoms with Crippen LogP contribution in [-0.2, 0) is 0 Å². The van der Waals surface area contributed by atoms with Crippen LogP contribution >= 0.6 is 15.9 Å².